The fourth-order valence-corrected chi connectivity index (χ4v) is 2.47. The monoisotopic (exact) mass is 278 g/mol. The first kappa shape index (κ1) is 14.1. The molecule has 0 radical (unpaired) electrons. The maximum absolute atomic E-state index is 5.11. The molecule has 1 aromatic carbocycles. The van der Waals surface area contributed by atoms with Crippen LogP contribution in [0.1, 0.15) is 5.01 Å². The zero-order valence-corrected chi connectivity index (χ0v) is 11.9. The minimum atomic E-state index is -0.214. The molecular weight excluding hydrogens is 260 g/mol. The Morgan fingerprint density at radius 1 is 1.21 bits per heavy atom. The molecule has 0 saturated heterocycles. The minimum absolute atomic E-state index is 0.214. The van der Waals surface area contributed by atoms with Crippen molar-refractivity contribution in [2.24, 2.45) is 0 Å². The van der Waals surface area contributed by atoms with Crippen molar-refractivity contribution in [3.63, 3.8) is 0 Å². The van der Waals surface area contributed by atoms with Crippen molar-refractivity contribution in [3.8, 4) is 11.3 Å². The predicted molar refractivity (Wildman–Crippen MR) is 77.1 cm³/mol. The summed E-state index contributed by atoms with van der Waals surface area (Å²) in [6.07, 6.45) is -0.214. The number of ether oxygens (including phenoxy) is 2. The van der Waals surface area contributed by atoms with Crippen LogP contribution in [-0.4, -0.2) is 32.0 Å². The summed E-state index contributed by atoms with van der Waals surface area (Å²) >= 11 is 1.66. The molecule has 0 aliphatic heterocycles. The van der Waals surface area contributed by atoms with Crippen molar-refractivity contribution < 1.29 is 9.47 Å². The van der Waals surface area contributed by atoms with Crippen molar-refractivity contribution in [3.05, 3.63) is 40.7 Å². The zero-order valence-electron chi connectivity index (χ0n) is 11.1. The highest BCUT2D eigenvalue weighted by Gasteiger charge is 2.06. The Labute approximate surface area is 117 Å². The van der Waals surface area contributed by atoms with Gasteiger partial charge in [-0.15, -0.1) is 11.3 Å². The number of benzene rings is 1. The summed E-state index contributed by atoms with van der Waals surface area (Å²) in [7, 11) is 3.26. The van der Waals surface area contributed by atoms with E-state index in [2.05, 4.69) is 27.8 Å². The number of hydrogen-bond acceptors (Lipinski definition) is 5. The van der Waals surface area contributed by atoms with Crippen LogP contribution < -0.4 is 5.32 Å². The molecule has 2 aromatic rings. The van der Waals surface area contributed by atoms with Gasteiger partial charge in [0.15, 0.2) is 6.29 Å². The molecule has 1 N–H and O–H groups in total. The quantitative estimate of drug-likeness (QED) is 0.790. The average Bonchev–Trinajstić information content (AvgIpc) is 2.93. The number of thiazole rings is 1. The van der Waals surface area contributed by atoms with Gasteiger partial charge in [0.25, 0.3) is 0 Å². The number of nitrogens with zero attached hydrogens (tertiary/aromatic N) is 1. The van der Waals surface area contributed by atoms with Gasteiger partial charge in [0.2, 0.25) is 0 Å². The lowest BCUT2D eigenvalue weighted by molar-refractivity contribution is -0.0989. The number of hydrogen-bond donors (Lipinski definition) is 1. The summed E-state index contributed by atoms with van der Waals surface area (Å²) < 4.78 is 10.2. The number of nitrogens with one attached hydrogen (secondary N) is 1. The van der Waals surface area contributed by atoms with E-state index >= 15 is 0 Å². The van der Waals surface area contributed by atoms with Gasteiger partial charge in [0.1, 0.15) is 5.01 Å². The van der Waals surface area contributed by atoms with E-state index in [-0.39, 0.29) is 6.29 Å². The molecule has 0 unspecified atom stereocenters. The van der Waals surface area contributed by atoms with Gasteiger partial charge in [0, 0.05) is 38.3 Å². The number of aromatic nitrogens is 1. The van der Waals surface area contributed by atoms with Crippen LogP contribution in [0, 0.1) is 0 Å². The van der Waals surface area contributed by atoms with E-state index in [0.29, 0.717) is 6.54 Å². The Morgan fingerprint density at radius 3 is 2.63 bits per heavy atom. The molecule has 0 amide bonds. The minimum Gasteiger partial charge on any atom is -0.355 e. The van der Waals surface area contributed by atoms with E-state index in [1.54, 1.807) is 25.6 Å². The van der Waals surface area contributed by atoms with Gasteiger partial charge in [-0.2, -0.15) is 0 Å². The summed E-state index contributed by atoms with van der Waals surface area (Å²) in [5, 5.41) is 6.41. The van der Waals surface area contributed by atoms with Crippen LogP contribution in [0.2, 0.25) is 0 Å². The van der Waals surface area contributed by atoms with Crippen LogP contribution in [0.4, 0.5) is 0 Å². The second-order valence-electron chi connectivity index (χ2n) is 4.02. The van der Waals surface area contributed by atoms with Gasteiger partial charge in [0.05, 0.1) is 5.69 Å². The molecule has 0 aliphatic carbocycles. The molecule has 0 spiro atoms. The normalized spacial score (nSPS) is 11.1. The van der Waals surface area contributed by atoms with Crippen LogP contribution >= 0.6 is 11.3 Å². The van der Waals surface area contributed by atoms with Gasteiger partial charge >= 0.3 is 0 Å². The lowest BCUT2D eigenvalue weighted by Gasteiger charge is -2.13. The average molecular weight is 278 g/mol. The molecule has 0 atom stereocenters. The van der Waals surface area contributed by atoms with Gasteiger partial charge < -0.3 is 14.8 Å². The molecule has 4 nitrogen and oxygen atoms in total. The Bertz CT molecular complexity index is 483. The SMILES string of the molecule is COC(CNCc1nc(-c2ccccc2)cs1)OC. The van der Waals surface area contributed by atoms with Crippen LogP contribution in [-0.2, 0) is 16.0 Å². The summed E-state index contributed by atoms with van der Waals surface area (Å²) in [5.74, 6) is 0. The number of methoxy groups -OCH3 is 2. The number of rotatable bonds is 7. The van der Waals surface area contributed by atoms with E-state index in [0.717, 1.165) is 22.8 Å². The molecule has 19 heavy (non-hydrogen) atoms. The predicted octanol–water partition coefficient (Wildman–Crippen LogP) is 2.52. The van der Waals surface area contributed by atoms with Crippen LogP contribution in [0.5, 0.6) is 0 Å². The van der Waals surface area contributed by atoms with Crippen molar-refractivity contribution >= 4 is 11.3 Å². The van der Waals surface area contributed by atoms with Crippen molar-refractivity contribution in [2.75, 3.05) is 20.8 Å². The van der Waals surface area contributed by atoms with E-state index in [9.17, 15) is 0 Å². The van der Waals surface area contributed by atoms with Gasteiger partial charge in [-0.3, -0.25) is 0 Å². The highest BCUT2D eigenvalue weighted by molar-refractivity contribution is 7.09. The van der Waals surface area contributed by atoms with Crippen molar-refractivity contribution in [1.29, 1.82) is 0 Å². The Morgan fingerprint density at radius 2 is 1.95 bits per heavy atom. The zero-order chi connectivity index (χ0) is 13.5. The smallest absolute Gasteiger partial charge is 0.169 e. The van der Waals surface area contributed by atoms with Crippen LogP contribution in [0.25, 0.3) is 11.3 Å². The molecule has 1 aromatic heterocycles. The summed E-state index contributed by atoms with van der Waals surface area (Å²) in [4.78, 5) is 4.60. The second-order valence-corrected chi connectivity index (χ2v) is 4.97. The van der Waals surface area contributed by atoms with E-state index in [1.807, 2.05) is 18.2 Å². The van der Waals surface area contributed by atoms with E-state index < -0.39 is 0 Å². The molecule has 2 rings (SSSR count). The maximum Gasteiger partial charge on any atom is 0.169 e. The topological polar surface area (TPSA) is 43.4 Å². The van der Waals surface area contributed by atoms with Crippen molar-refractivity contribution in [1.82, 2.24) is 10.3 Å². The van der Waals surface area contributed by atoms with Gasteiger partial charge in [-0.25, -0.2) is 4.98 Å². The van der Waals surface area contributed by atoms with E-state index in [4.69, 9.17) is 9.47 Å². The molecule has 0 bridgehead atoms. The first-order chi connectivity index (χ1) is 9.33. The first-order valence-corrected chi connectivity index (χ1v) is 6.97. The molecule has 5 heteroatoms. The lowest BCUT2D eigenvalue weighted by atomic mass is 10.2. The summed E-state index contributed by atoms with van der Waals surface area (Å²) in [6, 6.07) is 10.2. The Balaban J connectivity index is 1.88. The van der Waals surface area contributed by atoms with Gasteiger partial charge in [-0.05, 0) is 0 Å². The molecular formula is C14H18N2O2S. The third-order valence-corrected chi connectivity index (χ3v) is 3.58. The highest BCUT2D eigenvalue weighted by Crippen LogP contribution is 2.21. The molecule has 102 valence electrons. The fraction of sp³-hybridized carbons (Fsp3) is 0.357. The standard InChI is InChI=1S/C14H18N2O2S/c1-17-14(18-2)9-15-8-13-16-12(10-19-13)11-6-4-3-5-7-11/h3-7,10,14-15H,8-9H2,1-2H3. The fourth-order valence-electron chi connectivity index (χ4n) is 1.69. The highest BCUT2D eigenvalue weighted by atomic mass is 32.1. The molecule has 0 fully saturated rings. The maximum atomic E-state index is 5.11. The summed E-state index contributed by atoms with van der Waals surface area (Å²) in [5.41, 5.74) is 2.18. The molecule has 0 aliphatic rings. The Hall–Kier alpha value is -1.27. The van der Waals surface area contributed by atoms with Crippen molar-refractivity contribution in [2.45, 2.75) is 12.8 Å². The lowest BCUT2D eigenvalue weighted by Crippen LogP contribution is -2.29. The largest absolute Gasteiger partial charge is 0.355 e. The third kappa shape index (κ3) is 4.11. The first-order valence-electron chi connectivity index (χ1n) is 6.09. The second kappa shape index (κ2) is 7.35. The molecule has 1 heterocycles. The third-order valence-electron chi connectivity index (χ3n) is 2.73. The van der Waals surface area contributed by atoms with E-state index in [1.165, 1.54) is 0 Å². The van der Waals surface area contributed by atoms with Gasteiger partial charge in [-0.1, -0.05) is 30.3 Å². The molecule has 0 saturated carbocycles. The summed E-state index contributed by atoms with van der Waals surface area (Å²) in [6.45, 7) is 1.37. The Kier molecular flexibility index (Phi) is 5.47. The van der Waals surface area contributed by atoms with Crippen LogP contribution in [0.3, 0.4) is 0 Å². The van der Waals surface area contributed by atoms with Crippen LogP contribution in [0.15, 0.2) is 35.7 Å².